The molecule has 2 heterocycles. The van der Waals surface area contributed by atoms with Crippen LogP contribution in [0.15, 0.2) is 162 Å². The molecule has 8 aromatic rings. The minimum absolute atomic E-state index is 0.779. The third kappa shape index (κ3) is 4.92. The van der Waals surface area contributed by atoms with E-state index in [1.54, 1.807) is 0 Å². The summed E-state index contributed by atoms with van der Waals surface area (Å²) in [6.07, 6.45) is 0. The summed E-state index contributed by atoms with van der Waals surface area (Å²) in [4.78, 5) is 0. The van der Waals surface area contributed by atoms with Gasteiger partial charge in [0.25, 0.3) is 0 Å². The Balaban J connectivity index is 1.20. The molecule has 7 aromatic carbocycles. The Morgan fingerprint density at radius 2 is 0.979 bits per heavy atom. The fraction of sp³-hybridized carbons (Fsp3) is 0.0667. The second-order valence-electron chi connectivity index (χ2n) is 12.8. The molecule has 0 bridgehead atoms. The lowest BCUT2D eigenvalue weighted by Crippen LogP contribution is -2.34. The first-order valence-corrected chi connectivity index (χ1v) is 16.3. The van der Waals surface area contributed by atoms with Gasteiger partial charge in [0.1, 0.15) is 22.7 Å². The molecular formula is C45H32O3. The van der Waals surface area contributed by atoms with Crippen molar-refractivity contribution in [2.75, 3.05) is 0 Å². The molecule has 0 aliphatic carbocycles. The van der Waals surface area contributed by atoms with Crippen LogP contribution in [0.4, 0.5) is 0 Å². The van der Waals surface area contributed by atoms with Gasteiger partial charge in [-0.3, -0.25) is 0 Å². The van der Waals surface area contributed by atoms with Gasteiger partial charge in [0.05, 0.1) is 0 Å². The molecule has 3 heteroatoms. The van der Waals surface area contributed by atoms with Crippen LogP contribution >= 0.6 is 0 Å². The van der Waals surface area contributed by atoms with Crippen LogP contribution in [-0.4, -0.2) is 5.79 Å². The number of hydrogen-bond donors (Lipinski definition) is 0. The van der Waals surface area contributed by atoms with Gasteiger partial charge >= 0.3 is 0 Å². The first-order valence-electron chi connectivity index (χ1n) is 16.3. The topological polar surface area (TPSA) is 31.6 Å². The van der Waals surface area contributed by atoms with Crippen LogP contribution in [-0.2, 0) is 0 Å². The third-order valence-electron chi connectivity index (χ3n) is 9.16. The summed E-state index contributed by atoms with van der Waals surface area (Å²) < 4.78 is 19.4. The van der Waals surface area contributed by atoms with Crippen LogP contribution < -0.4 is 9.47 Å². The first kappa shape index (κ1) is 28.2. The summed E-state index contributed by atoms with van der Waals surface area (Å²) in [5.41, 5.74) is 12.9. The molecule has 0 spiro atoms. The monoisotopic (exact) mass is 620 g/mol. The Morgan fingerprint density at radius 1 is 0.375 bits per heavy atom. The molecule has 0 N–H and O–H groups in total. The minimum atomic E-state index is -0.873. The normalized spacial score (nSPS) is 13.3. The Bertz CT molecular complexity index is 2410. The number of para-hydroxylation sites is 1. The molecule has 0 saturated heterocycles. The lowest BCUT2D eigenvalue weighted by molar-refractivity contribution is -0.0778. The highest BCUT2D eigenvalue weighted by atomic mass is 16.7. The highest BCUT2D eigenvalue weighted by molar-refractivity contribution is 6.12. The number of rotatable bonds is 4. The van der Waals surface area contributed by atoms with E-state index in [9.17, 15) is 0 Å². The van der Waals surface area contributed by atoms with Crippen molar-refractivity contribution >= 4 is 21.9 Å². The largest absolute Gasteiger partial charge is 0.456 e. The number of fused-ring (bicyclic) bond motifs is 6. The predicted molar refractivity (Wildman–Crippen MR) is 196 cm³/mol. The van der Waals surface area contributed by atoms with Crippen LogP contribution in [0.1, 0.15) is 13.8 Å². The van der Waals surface area contributed by atoms with E-state index < -0.39 is 5.79 Å². The minimum Gasteiger partial charge on any atom is -0.456 e. The zero-order valence-corrected chi connectivity index (χ0v) is 26.7. The smallest absolute Gasteiger partial charge is 0.245 e. The summed E-state index contributed by atoms with van der Waals surface area (Å²) >= 11 is 0. The van der Waals surface area contributed by atoms with Gasteiger partial charge in [-0.25, -0.2) is 0 Å². The Kier molecular flexibility index (Phi) is 6.48. The molecule has 1 aromatic heterocycles. The number of benzene rings is 7. The maximum Gasteiger partial charge on any atom is 0.245 e. The molecule has 48 heavy (non-hydrogen) atoms. The van der Waals surface area contributed by atoms with Gasteiger partial charge in [0, 0.05) is 35.7 Å². The molecule has 0 radical (unpaired) electrons. The molecule has 230 valence electrons. The van der Waals surface area contributed by atoms with Gasteiger partial charge in [-0.2, -0.15) is 0 Å². The predicted octanol–water partition coefficient (Wildman–Crippen LogP) is 12.4. The summed E-state index contributed by atoms with van der Waals surface area (Å²) in [7, 11) is 0. The van der Waals surface area contributed by atoms with Crippen molar-refractivity contribution in [3.63, 3.8) is 0 Å². The molecule has 1 aliphatic heterocycles. The van der Waals surface area contributed by atoms with E-state index in [0.29, 0.717) is 0 Å². The average Bonchev–Trinajstić information content (AvgIpc) is 3.46. The van der Waals surface area contributed by atoms with Gasteiger partial charge in [-0.1, -0.05) is 103 Å². The van der Waals surface area contributed by atoms with Crippen LogP contribution in [0.25, 0.3) is 77.6 Å². The molecule has 1 aliphatic rings. The Labute approximate surface area is 279 Å². The molecule has 0 amide bonds. The Morgan fingerprint density at radius 3 is 1.71 bits per heavy atom. The maximum absolute atomic E-state index is 6.62. The van der Waals surface area contributed by atoms with E-state index >= 15 is 0 Å². The molecule has 0 saturated carbocycles. The van der Waals surface area contributed by atoms with Gasteiger partial charge < -0.3 is 13.9 Å². The molecule has 0 unspecified atom stereocenters. The van der Waals surface area contributed by atoms with E-state index in [2.05, 4.69) is 140 Å². The lowest BCUT2D eigenvalue weighted by Gasteiger charge is -2.26. The van der Waals surface area contributed by atoms with Crippen LogP contribution in [0.2, 0.25) is 0 Å². The molecule has 0 atom stereocenters. The van der Waals surface area contributed by atoms with Crippen molar-refractivity contribution in [3.05, 3.63) is 158 Å². The van der Waals surface area contributed by atoms with E-state index in [1.165, 1.54) is 22.3 Å². The van der Waals surface area contributed by atoms with Crippen LogP contribution in [0, 0.1) is 0 Å². The maximum atomic E-state index is 6.62. The van der Waals surface area contributed by atoms with Crippen molar-refractivity contribution in [1.29, 1.82) is 0 Å². The summed E-state index contributed by atoms with van der Waals surface area (Å²) in [5, 5.41) is 2.21. The van der Waals surface area contributed by atoms with Crippen molar-refractivity contribution < 1.29 is 13.9 Å². The van der Waals surface area contributed by atoms with Crippen molar-refractivity contribution in [3.8, 4) is 67.1 Å². The molecular weight excluding hydrogens is 588 g/mol. The SMILES string of the molecule is CC1(C)Oc2cc(-c3cccc4oc5ccccc5c34)ccc2-c2cc(-c3cc(-c4ccccc4)cc(-c4ccccc4)c3)ccc2O1. The van der Waals surface area contributed by atoms with Crippen LogP contribution in [0.5, 0.6) is 11.5 Å². The third-order valence-corrected chi connectivity index (χ3v) is 9.16. The number of ether oxygens (including phenoxy) is 2. The second-order valence-corrected chi connectivity index (χ2v) is 12.8. The average molecular weight is 621 g/mol. The molecule has 3 nitrogen and oxygen atoms in total. The quantitative estimate of drug-likeness (QED) is 0.196. The first-order chi connectivity index (χ1) is 23.5. The fourth-order valence-electron chi connectivity index (χ4n) is 6.96. The fourth-order valence-corrected chi connectivity index (χ4v) is 6.96. The van der Waals surface area contributed by atoms with E-state index in [1.807, 2.05) is 32.0 Å². The van der Waals surface area contributed by atoms with E-state index in [4.69, 9.17) is 13.9 Å². The van der Waals surface area contributed by atoms with Crippen molar-refractivity contribution in [1.82, 2.24) is 0 Å². The standard InChI is InChI=1S/C45H32O3/c1-45(2)47-41-23-21-31(35-25-33(29-12-5-3-6-13-29)24-34(26-35)30-14-7-4-8-15-30)27-39(41)37-22-20-32(28-43(37)48-45)36-17-11-19-42-44(36)38-16-9-10-18-40(38)46-42/h3-28H,1-2H3. The highest BCUT2D eigenvalue weighted by Crippen LogP contribution is 2.47. The van der Waals surface area contributed by atoms with Crippen molar-refractivity contribution in [2.45, 2.75) is 19.6 Å². The Hall–Kier alpha value is -6.06. The highest BCUT2D eigenvalue weighted by Gasteiger charge is 2.30. The zero-order valence-electron chi connectivity index (χ0n) is 26.7. The zero-order chi connectivity index (χ0) is 32.2. The van der Waals surface area contributed by atoms with Gasteiger partial charge in [0.2, 0.25) is 5.79 Å². The van der Waals surface area contributed by atoms with Gasteiger partial charge in [-0.15, -0.1) is 0 Å². The summed E-state index contributed by atoms with van der Waals surface area (Å²) in [6.45, 7) is 3.93. The second kappa shape index (κ2) is 11.0. The lowest BCUT2D eigenvalue weighted by atomic mass is 9.91. The van der Waals surface area contributed by atoms with Gasteiger partial charge in [-0.05, 0) is 99.1 Å². The van der Waals surface area contributed by atoms with E-state index in [-0.39, 0.29) is 0 Å². The summed E-state index contributed by atoms with van der Waals surface area (Å²) in [6, 6.07) is 55.4. The molecule has 9 rings (SSSR count). The number of hydrogen-bond acceptors (Lipinski definition) is 3. The van der Waals surface area contributed by atoms with Crippen molar-refractivity contribution in [2.24, 2.45) is 0 Å². The molecule has 0 fully saturated rings. The van der Waals surface area contributed by atoms with Gasteiger partial charge in [0.15, 0.2) is 0 Å². The van der Waals surface area contributed by atoms with Crippen LogP contribution in [0.3, 0.4) is 0 Å². The van der Waals surface area contributed by atoms with E-state index in [0.717, 1.165) is 66.8 Å². The number of furan rings is 1. The summed E-state index contributed by atoms with van der Waals surface area (Å²) in [5.74, 6) is 0.698.